The molecule has 1 aromatic rings. The van der Waals surface area contributed by atoms with Crippen molar-refractivity contribution in [2.45, 2.75) is 51.5 Å². The van der Waals surface area contributed by atoms with Gasteiger partial charge in [0.2, 0.25) is 0 Å². The molecule has 0 spiro atoms. The van der Waals surface area contributed by atoms with Gasteiger partial charge >= 0.3 is 0 Å². The molecule has 1 unspecified atom stereocenters. The Morgan fingerprint density at radius 1 is 1.11 bits per heavy atom. The van der Waals surface area contributed by atoms with Crippen LogP contribution in [0.3, 0.4) is 0 Å². The number of rotatable bonds is 5. The van der Waals surface area contributed by atoms with Crippen LogP contribution in [-0.4, -0.2) is 13.1 Å². The Labute approximate surface area is 112 Å². The van der Waals surface area contributed by atoms with Crippen molar-refractivity contribution in [1.82, 2.24) is 5.32 Å². The van der Waals surface area contributed by atoms with Crippen LogP contribution in [0.15, 0.2) is 30.3 Å². The van der Waals surface area contributed by atoms with Crippen molar-refractivity contribution in [3.05, 3.63) is 35.9 Å². The van der Waals surface area contributed by atoms with Crippen LogP contribution in [0.4, 0.5) is 0 Å². The highest BCUT2D eigenvalue weighted by atomic mass is 14.9. The van der Waals surface area contributed by atoms with E-state index in [0.29, 0.717) is 6.04 Å². The minimum atomic E-state index is 0.658. The summed E-state index contributed by atoms with van der Waals surface area (Å²) >= 11 is 0. The molecule has 1 heteroatoms. The summed E-state index contributed by atoms with van der Waals surface area (Å²) in [7, 11) is 2.12. The Bertz CT molecular complexity index is 325. The minimum Gasteiger partial charge on any atom is -0.316 e. The molecule has 0 aromatic heterocycles. The second-order valence-corrected chi connectivity index (χ2v) is 5.77. The third kappa shape index (κ3) is 3.58. The highest BCUT2D eigenvalue weighted by Crippen LogP contribution is 2.33. The molecule has 2 rings (SSSR count). The lowest BCUT2D eigenvalue weighted by molar-refractivity contribution is 0.222. The van der Waals surface area contributed by atoms with Gasteiger partial charge in [-0.1, -0.05) is 56.5 Å². The predicted octanol–water partition coefficient (Wildman–Crippen LogP) is 4.03. The number of benzene rings is 1. The topological polar surface area (TPSA) is 12.0 Å². The van der Waals surface area contributed by atoms with E-state index in [1.54, 1.807) is 0 Å². The first-order valence-corrected chi connectivity index (χ1v) is 7.54. The molecule has 1 N–H and O–H groups in total. The molecule has 0 radical (unpaired) electrons. The van der Waals surface area contributed by atoms with Gasteiger partial charge in [0.25, 0.3) is 0 Å². The molecule has 0 saturated heterocycles. The quantitative estimate of drug-likeness (QED) is 0.825. The molecular formula is C17H27N. The maximum atomic E-state index is 3.55. The van der Waals surface area contributed by atoms with Crippen molar-refractivity contribution in [3.63, 3.8) is 0 Å². The van der Waals surface area contributed by atoms with Gasteiger partial charge in [-0.2, -0.15) is 0 Å². The zero-order valence-electron chi connectivity index (χ0n) is 11.9. The van der Waals surface area contributed by atoms with Crippen LogP contribution in [0.25, 0.3) is 0 Å². The first-order valence-electron chi connectivity index (χ1n) is 7.54. The molecule has 1 aliphatic carbocycles. The van der Waals surface area contributed by atoms with Crippen molar-refractivity contribution < 1.29 is 0 Å². The first kappa shape index (κ1) is 13.6. The smallest absolute Gasteiger partial charge is 0.0133 e. The molecule has 0 bridgehead atoms. The maximum absolute atomic E-state index is 3.55. The van der Waals surface area contributed by atoms with Gasteiger partial charge < -0.3 is 5.32 Å². The number of nitrogens with one attached hydrogen (secondary N) is 1. The molecule has 1 aromatic carbocycles. The summed E-state index contributed by atoms with van der Waals surface area (Å²) in [6, 6.07) is 11.6. The van der Waals surface area contributed by atoms with Crippen LogP contribution in [0.2, 0.25) is 0 Å². The van der Waals surface area contributed by atoms with Crippen molar-refractivity contribution in [2.24, 2.45) is 11.8 Å². The van der Waals surface area contributed by atoms with E-state index < -0.39 is 0 Å². The third-order valence-electron chi connectivity index (χ3n) is 4.71. The molecule has 18 heavy (non-hydrogen) atoms. The van der Waals surface area contributed by atoms with Crippen LogP contribution >= 0.6 is 0 Å². The van der Waals surface area contributed by atoms with Crippen LogP contribution in [0, 0.1) is 11.8 Å². The van der Waals surface area contributed by atoms with E-state index in [1.807, 2.05) is 0 Å². The van der Waals surface area contributed by atoms with Crippen LogP contribution < -0.4 is 5.32 Å². The van der Waals surface area contributed by atoms with Gasteiger partial charge in [0.05, 0.1) is 0 Å². The maximum Gasteiger partial charge on any atom is 0.0133 e. The van der Waals surface area contributed by atoms with Gasteiger partial charge in [-0.3, -0.25) is 0 Å². The fourth-order valence-electron chi connectivity index (χ4n) is 3.37. The van der Waals surface area contributed by atoms with Gasteiger partial charge in [-0.25, -0.2) is 0 Å². The molecule has 0 heterocycles. The number of hydrogen-bond acceptors (Lipinski definition) is 1. The molecule has 1 aliphatic rings. The molecule has 1 atom stereocenters. The van der Waals surface area contributed by atoms with E-state index in [9.17, 15) is 0 Å². The molecule has 0 aliphatic heterocycles. The summed E-state index contributed by atoms with van der Waals surface area (Å²) in [4.78, 5) is 0. The molecule has 100 valence electrons. The van der Waals surface area contributed by atoms with Crippen molar-refractivity contribution in [2.75, 3.05) is 7.05 Å². The summed E-state index contributed by atoms with van der Waals surface area (Å²) in [6.07, 6.45) is 8.25. The molecule has 0 amide bonds. The lowest BCUT2D eigenvalue weighted by Crippen LogP contribution is -2.37. The lowest BCUT2D eigenvalue weighted by Gasteiger charge is -2.33. The molecule has 1 saturated carbocycles. The zero-order valence-corrected chi connectivity index (χ0v) is 11.9. The lowest BCUT2D eigenvalue weighted by atomic mass is 9.76. The standard InChI is InChI=1S/C17H27N/c1-3-14-9-11-16(12-10-14)17(18-2)13-15-7-5-4-6-8-15/h4-8,14,16-18H,3,9-13H2,1-2H3. The van der Waals surface area contributed by atoms with Crippen molar-refractivity contribution in [3.8, 4) is 0 Å². The fourth-order valence-corrected chi connectivity index (χ4v) is 3.37. The largest absolute Gasteiger partial charge is 0.316 e. The van der Waals surface area contributed by atoms with E-state index in [1.165, 1.54) is 44.1 Å². The highest BCUT2D eigenvalue weighted by Gasteiger charge is 2.25. The number of likely N-dealkylation sites (N-methyl/N-ethyl adjacent to an activating group) is 1. The Hall–Kier alpha value is -0.820. The minimum absolute atomic E-state index is 0.658. The molecular weight excluding hydrogens is 218 g/mol. The molecule has 1 nitrogen and oxygen atoms in total. The monoisotopic (exact) mass is 245 g/mol. The summed E-state index contributed by atoms with van der Waals surface area (Å²) in [6.45, 7) is 2.34. The van der Waals surface area contributed by atoms with Gasteiger partial charge in [-0.15, -0.1) is 0 Å². The van der Waals surface area contributed by atoms with E-state index >= 15 is 0 Å². The van der Waals surface area contributed by atoms with Gasteiger partial charge in [0.1, 0.15) is 0 Å². The summed E-state index contributed by atoms with van der Waals surface area (Å²) < 4.78 is 0. The summed E-state index contributed by atoms with van der Waals surface area (Å²) in [5.41, 5.74) is 1.47. The predicted molar refractivity (Wildman–Crippen MR) is 78.7 cm³/mol. The van der Waals surface area contributed by atoms with Crippen molar-refractivity contribution >= 4 is 0 Å². The van der Waals surface area contributed by atoms with Gasteiger partial charge in [-0.05, 0) is 43.7 Å². The van der Waals surface area contributed by atoms with Crippen LogP contribution in [0.5, 0.6) is 0 Å². The Kier molecular flexibility index (Phi) is 5.25. The SMILES string of the molecule is CCC1CCC(C(Cc2ccccc2)NC)CC1. The first-order chi connectivity index (χ1) is 8.83. The Balaban J connectivity index is 1.89. The van der Waals surface area contributed by atoms with Gasteiger partial charge in [0.15, 0.2) is 0 Å². The van der Waals surface area contributed by atoms with E-state index in [-0.39, 0.29) is 0 Å². The second kappa shape index (κ2) is 6.94. The summed E-state index contributed by atoms with van der Waals surface area (Å²) in [5, 5.41) is 3.55. The molecule has 1 fully saturated rings. The normalized spacial score (nSPS) is 25.9. The Morgan fingerprint density at radius 2 is 1.78 bits per heavy atom. The highest BCUT2D eigenvalue weighted by molar-refractivity contribution is 5.16. The second-order valence-electron chi connectivity index (χ2n) is 5.77. The van der Waals surface area contributed by atoms with Gasteiger partial charge in [0, 0.05) is 6.04 Å². The van der Waals surface area contributed by atoms with E-state index in [2.05, 4.69) is 49.6 Å². The Morgan fingerprint density at radius 3 is 2.33 bits per heavy atom. The third-order valence-corrected chi connectivity index (χ3v) is 4.71. The average Bonchev–Trinajstić information content (AvgIpc) is 2.46. The van der Waals surface area contributed by atoms with E-state index in [0.717, 1.165) is 11.8 Å². The fraction of sp³-hybridized carbons (Fsp3) is 0.647. The van der Waals surface area contributed by atoms with E-state index in [4.69, 9.17) is 0 Å². The van der Waals surface area contributed by atoms with Crippen molar-refractivity contribution in [1.29, 1.82) is 0 Å². The average molecular weight is 245 g/mol. The van der Waals surface area contributed by atoms with Crippen LogP contribution in [-0.2, 0) is 6.42 Å². The number of hydrogen-bond donors (Lipinski definition) is 1. The summed E-state index contributed by atoms with van der Waals surface area (Å²) in [5.74, 6) is 1.87. The zero-order chi connectivity index (χ0) is 12.8. The van der Waals surface area contributed by atoms with Crippen LogP contribution in [0.1, 0.15) is 44.6 Å².